The van der Waals surface area contributed by atoms with Crippen molar-refractivity contribution in [1.29, 1.82) is 5.26 Å². The second-order valence-electron chi connectivity index (χ2n) is 6.69. The number of ether oxygens (including phenoxy) is 1. The zero-order valence-corrected chi connectivity index (χ0v) is 16.5. The van der Waals surface area contributed by atoms with E-state index in [9.17, 15) is 5.26 Å². The van der Waals surface area contributed by atoms with E-state index in [2.05, 4.69) is 36.5 Å². The van der Waals surface area contributed by atoms with Crippen LogP contribution in [0.2, 0.25) is 0 Å². The van der Waals surface area contributed by atoms with Crippen molar-refractivity contribution in [3.05, 3.63) is 61.2 Å². The molecule has 150 valence electrons. The van der Waals surface area contributed by atoms with Gasteiger partial charge in [-0.05, 0) is 24.6 Å². The van der Waals surface area contributed by atoms with Crippen LogP contribution in [0.3, 0.4) is 0 Å². The Labute approximate surface area is 172 Å². The van der Waals surface area contributed by atoms with Gasteiger partial charge in [0.15, 0.2) is 0 Å². The van der Waals surface area contributed by atoms with Crippen molar-refractivity contribution in [2.75, 3.05) is 5.32 Å². The van der Waals surface area contributed by atoms with Gasteiger partial charge in [0.25, 0.3) is 0 Å². The molecule has 0 bridgehead atoms. The van der Waals surface area contributed by atoms with E-state index in [1.165, 1.54) is 6.33 Å². The highest BCUT2D eigenvalue weighted by atomic mass is 16.5. The van der Waals surface area contributed by atoms with E-state index in [0.717, 1.165) is 16.8 Å². The molecule has 10 heteroatoms. The smallest absolute Gasteiger partial charge is 0.227 e. The number of nitriles is 1. The summed E-state index contributed by atoms with van der Waals surface area (Å²) in [6.07, 6.45) is 9.87. The summed E-state index contributed by atoms with van der Waals surface area (Å²) in [5, 5.41) is 20.7. The second-order valence-corrected chi connectivity index (χ2v) is 6.69. The summed E-state index contributed by atoms with van der Waals surface area (Å²) in [5.41, 5.74) is 2.93. The molecule has 30 heavy (non-hydrogen) atoms. The Balaban J connectivity index is 1.51. The Morgan fingerprint density at radius 1 is 1.17 bits per heavy atom. The molecule has 1 atom stereocenters. The van der Waals surface area contributed by atoms with E-state index in [4.69, 9.17) is 4.74 Å². The van der Waals surface area contributed by atoms with Gasteiger partial charge < -0.3 is 10.1 Å². The van der Waals surface area contributed by atoms with Gasteiger partial charge in [-0.3, -0.25) is 4.68 Å². The Hall–Kier alpha value is -4.26. The fraction of sp³-hybridized carbons (Fsp3) is 0.200. The molecule has 4 rings (SSSR count). The molecule has 0 aliphatic heterocycles. The topological polar surface area (TPSA) is 119 Å². The highest BCUT2D eigenvalue weighted by Gasteiger charge is 2.12. The Morgan fingerprint density at radius 2 is 2.00 bits per heavy atom. The minimum absolute atomic E-state index is 0.198. The van der Waals surface area contributed by atoms with E-state index >= 15 is 0 Å². The summed E-state index contributed by atoms with van der Waals surface area (Å²) in [7, 11) is 1.84. The fourth-order valence-corrected chi connectivity index (χ4v) is 2.89. The van der Waals surface area contributed by atoms with Crippen LogP contribution in [0, 0.1) is 11.3 Å². The van der Waals surface area contributed by atoms with E-state index in [0.29, 0.717) is 23.8 Å². The van der Waals surface area contributed by atoms with Crippen molar-refractivity contribution in [3.8, 4) is 22.9 Å². The van der Waals surface area contributed by atoms with E-state index in [1.807, 2.05) is 32.3 Å². The van der Waals surface area contributed by atoms with Gasteiger partial charge in [0, 0.05) is 31.2 Å². The van der Waals surface area contributed by atoms with Crippen molar-refractivity contribution >= 4 is 11.6 Å². The molecule has 0 saturated heterocycles. The zero-order chi connectivity index (χ0) is 20.9. The van der Waals surface area contributed by atoms with Crippen LogP contribution in [0.25, 0.3) is 11.1 Å². The van der Waals surface area contributed by atoms with Gasteiger partial charge in [-0.25, -0.2) is 19.6 Å². The second kappa shape index (κ2) is 8.40. The molecule has 1 aromatic carbocycles. The lowest BCUT2D eigenvalue weighted by atomic mass is 10.1. The minimum Gasteiger partial charge on any atom is -0.487 e. The summed E-state index contributed by atoms with van der Waals surface area (Å²) in [6.45, 7) is 2.43. The van der Waals surface area contributed by atoms with E-state index in [-0.39, 0.29) is 6.10 Å². The molecule has 0 amide bonds. The molecule has 0 saturated carbocycles. The van der Waals surface area contributed by atoms with Crippen molar-refractivity contribution in [3.63, 3.8) is 0 Å². The van der Waals surface area contributed by atoms with Gasteiger partial charge in [0.05, 0.1) is 24.0 Å². The summed E-state index contributed by atoms with van der Waals surface area (Å²) in [6, 6.07) is 7.57. The van der Waals surface area contributed by atoms with Crippen LogP contribution in [-0.4, -0.2) is 40.6 Å². The Morgan fingerprint density at radius 3 is 2.67 bits per heavy atom. The lowest BCUT2D eigenvalue weighted by molar-refractivity contribution is 0.193. The van der Waals surface area contributed by atoms with Crippen LogP contribution in [0.4, 0.5) is 11.6 Å². The average Bonchev–Trinajstić information content (AvgIpc) is 3.40. The lowest BCUT2D eigenvalue weighted by Crippen LogP contribution is -2.20. The number of rotatable bonds is 7. The summed E-state index contributed by atoms with van der Waals surface area (Å²) in [5.74, 6) is 0.971. The molecule has 1 N–H and O–H groups in total. The molecule has 10 nitrogen and oxygen atoms in total. The van der Waals surface area contributed by atoms with Crippen molar-refractivity contribution in [1.82, 2.24) is 34.5 Å². The largest absolute Gasteiger partial charge is 0.487 e. The zero-order valence-electron chi connectivity index (χ0n) is 16.5. The molecule has 0 unspecified atom stereocenters. The number of nitrogens with zero attached hydrogens (tertiary/aromatic N) is 8. The molecule has 0 spiro atoms. The maximum atomic E-state index is 9.43. The molecular weight excluding hydrogens is 382 g/mol. The highest BCUT2D eigenvalue weighted by molar-refractivity contribution is 5.66. The first-order chi connectivity index (χ1) is 14.6. The molecule has 0 aliphatic rings. The van der Waals surface area contributed by atoms with Crippen molar-refractivity contribution in [2.45, 2.75) is 19.6 Å². The molecule has 0 aliphatic carbocycles. The average molecular weight is 401 g/mol. The molecule has 0 radical (unpaired) electrons. The van der Waals surface area contributed by atoms with Gasteiger partial charge in [0.2, 0.25) is 5.95 Å². The van der Waals surface area contributed by atoms with Gasteiger partial charge in [0.1, 0.15) is 30.6 Å². The Bertz CT molecular complexity index is 1160. The summed E-state index contributed by atoms with van der Waals surface area (Å²) >= 11 is 0. The third-order valence-electron chi connectivity index (χ3n) is 4.29. The van der Waals surface area contributed by atoms with Gasteiger partial charge >= 0.3 is 0 Å². The lowest BCUT2D eigenvalue weighted by Gasteiger charge is -2.16. The molecule has 3 aromatic heterocycles. The van der Waals surface area contributed by atoms with E-state index in [1.54, 1.807) is 40.3 Å². The quantitative estimate of drug-likeness (QED) is 0.502. The van der Waals surface area contributed by atoms with Crippen LogP contribution >= 0.6 is 0 Å². The first kappa shape index (κ1) is 19.1. The van der Waals surface area contributed by atoms with Gasteiger partial charge in [-0.1, -0.05) is 6.07 Å². The van der Waals surface area contributed by atoms with Crippen LogP contribution in [-0.2, 0) is 13.6 Å². The van der Waals surface area contributed by atoms with Crippen LogP contribution in [0.15, 0.2) is 55.6 Å². The van der Waals surface area contributed by atoms with Gasteiger partial charge in [-0.2, -0.15) is 15.5 Å². The van der Waals surface area contributed by atoms with Crippen molar-refractivity contribution < 1.29 is 4.74 Å². The van der Waals surface area contributed by atoms with Crippen LogP contribution < -0.4 is 10.1 Å². The monoisotopic (exact) mass is 401 g/mol. The highest BCUT2D eigenvalue weighted by Crippen LogP contribution is 2.28. The number of hydrogen-bond donors (Lipinski definition) is 1. The SMILES string of the molecule is C[C@H](Cn1cncn1)Oc1cc(-c2cnc(Nc3cnn(C)c3)nc2)ccc1C#N. The number of benzene rings is 1. The van der Waals surface area contributed by atoms with Crippen LogP contribution in [0.5, 0.6) is 5.75 Å². The predicted molar refractivity (Wildman–Crippen MR) is 109 cm³/mol. The van der Waals surface area contributed by atoms with Crippen LogP contribution in [0.1, 0.15) is 12.5 Å². The number of nitrogens with one attached hydrogen (secondary N) is 1. The number of aryl methyl sites for hydroxylation is 1. The normalized spacial score (nSPS) is 11.6. The van der Waals surface area contributed by atoms with Crippen molar-refractivity contribution in [2.24, 2.45) is 7.05 Å². The van der Waals surface area contributed by atoms with Gasteiger partial charge in [-0.15, -0.1) is 0 Å². The minimum atomic E-state index is -0.198. The first-order valence-corrected chi connectivity index (χ1v) is 9.22. The maximum absolute atomic E-state index is 9.43. The molecule has 3 heterocycles. The molecular formula is C20H19N9O. The summed E-state index contributed by atoms with van der Waals surface area (Å²) < 4.78 is 9.38. The number of aromatic nitrogens is 7. The maximum Gasteiger partial charge on any atom is 0.227 e. The summed E-state index contributed by atoms with van der Waals surface area (Å²) in [4.78, 5) is 12.6. The number of hydrogen-bond acceptors (Lipinski definition) is 8. The van der Waals surface area contributed by atoms with E-state index < -0.39 is 0 Å². The standard InChI is InChI=1S/C20H19N9O/c1-14(10-29-13-22-12-26-29)30-19-5-15(3-4-16(19)6-21)17-7-23-20(24-8-17)27-18-9-25-28(2)11-18/h3-5,7-9,11-14H,10H2,1-2H3,(H,23,24,27)/t14-/m1/s1. The third-order valence-corrected chi connectivity index (χ3v) is 4.29. The first-order valence-electron chi connectivity index (χ1n) is 9.22. The third kappa shape index (κ3) is 4.41. The molecule has 0 fully saturated rings. The molecule has 4 aromatic rings. The Kier molecular flexibility index (Phi) is 5.34. The fourth-order valence-electron chi connectivity index (χ4n) is 2.89. The number of anilines is 2. The predicted octanol–water partition coefficient (Wildman–Crippen LogP) is 2.55.